The Hall–Kier alpha value is -1.47. The molecule has 2 aromatic rings. The second-order valence-corrected chi connectivity index (χ2v) is 8.30. The molecule has 1 aromatic heterocycles. The first-order valence-electron chi connectivity index (χ1n) is 11.9. The molecule has 0 saturated carbocycles. The van der Waals surface area contributed by atoms with Gasteiger partial charge in [0, 0.05) is 42.5 Å². The van der Waals surface area contributed by atoms with Crippen LogP contribution >= 0.6 is 0 Å². The van der Waals surface area contributed by atoms with Crippen molar-refractivity contribution in [3.05, 3.63) is 35.8 Å². The van der Waals surface area contributed by atoms with Gasteiger partial charge in [0.05, 0.1) is 6.61 Å². The van der Waals surface area contributed by atoms with Crippen LogP contribution in [0.1, 0.15) is 71.0 Å². The molecule has 1 aromatic carbocycles. The molecule has 4 atom stereocenters. The summed E-state index contributed by atoms with van der Waals surface area (Å²) >= 11 is 0. The highest BCUT2D eigenvalue weighted by Gasteiger charge is 2.44. The third kappa shape index (κ3) is 6.07. The largest absolute Gasteiger partial charge is 0.373 e. The number of hydrogen-bond donors (Lipinski definition) is 1. The lowest BCUT2D eigenvalue weighted by Gasteiger charge is -2.42. The van der Waals surface area contributed by atoms with E-state index < -0.39 is 6.10 Å². The summed E-state index contributed by atoms with van der Waals surface area (Å²) < 4.78 is 39.9. The molecule has 3 rings (SSSR count). The maximum Gasteiger partial charge on any atom is 0.132 e. The minimum Gasteiger partial charge on any atom is -0.373 e. The molecule has 1 aliphatic rings. The average Bonchev–Trinajstić information content (AvgIpc) is 3.21. The van der Waals surface area contributed by atoms with Crippen molar-refractivity contribution < 1.29 is 23.3 Å². The Morgan fingerprint density at radius 1 is 0.935 bits per heavy atom. The van der Waals surface area contributed by atoms with Crippen LogP contribution in [0.3, 0.4) is 0 Å². The molecule has 0 radical (unpaired) electrons. The quantitative estimate of drug-likeness (QED) is 0.396. The molecule has 5 nitrogen and oxygen atoms in total. The van der Waals surface area contributed by atoms with E-state index in [0.717, 1.165) is 49.6 Å². The smallest absolute Gasteiger partial charge is 0.132 e. The summed E-state index contributed by atoms with van der Waals surface area (Å²) in [5.41, 5.74) is 1.54. The topological polar surface area (TPSA) is 52.7 Å². The van der Waals surface area contributed by atoms with Gasteiger partial charge in [-0.2, -0.15) is 0 Å². The highest BCUT2D eigenvalue weighted by atomic mass is 19.1. The number of fused-ring (bicyclic) bond motifs is 1. The van der Waals surface area contributed by atoms with E-state index in [1.165, 1.54) is 6.07 Å². The van der Waals surface area contributed by atoms with Crippen LogP contribution in [0.25, 0.3) is 10.9 Å². The molecule has 6 heteroatoms. The average molecular weight is 436 g/mol. The SMILES string of the molecule is CCCCO[C@@H]1[C@@H](OCCCC)[C@H](c2c[nH]c3cccc(F)c23)OC[C@H]1OCCCC. The molecule has 1 aliphatic heterocycles. The van der Waals surface area contributed by atoms with Crippen molar-refractivity contribution in [2.24, 2.45) is 0 Å². The number of halogens is 1. The Labute approximate surface area is 185 Å². The molecule has 31 heavy (non-hydrogen) atoms. The highest BCUT2D eigenvalue weighted by molar-refractivity contribution is 5.84. The van der Waals surface area contributed by atoms with E-state index in [1.54, 1.807) is 6.07 Å². The maximum atomic E-state index is 14.7. The van der Waals surface area contributed by atoms with Gasteiger partial charge in [0.2, 0.25) is 0 Å². The number of aromatic amines is 1. The van der Waals surface area contributed by atoms with Gasteiger partial charge in [-0.05, 0) is 31.4 Å². The van der Waals surface area contributed by atoms with Gasteiger partial charge < -0.3 is 23.9 Å². The van der Waals surface area contributed by atoms with Crippen LogP contribution in [0.5, 0.6) is 0 Å². The Bertz CT molecular complexity index is 780. The van der Waals surface area contributed by atoms with Crippen LogP contribution in [-0.2, 0) is 18.9 Å². The lowest BCUT2D eigenvalue weighted by atomic mass is 9.93. The molecule has 0 unspecified atom stereocenters. The van der Waals surface area contributed by atoms with E-state index >= 15 is 0 Å². The molecule has 1 fully saturated rings. The summed E-state index contributed by atoms with van der Waals surface area (Å²) in [5, 5.41) is 0.564. The Morgan fingerprint density at radius 2 is 1.58 bits per heavy atom. The standard InChI is InChI=1S/C25H38FNO4/c1-4-7-13-28-21-17-31-23(18-16-27-20-12-10-11-19(26)22(18)20)25(30-15-9-6-3)24(21)29-14-8-5-2/h10-12,16,21,23-25,27H,4-9,13-15,17H2,1-3H3/t21-,23+,24+,25+/m1/s1. The number of unbranched alkanes of at least 4 members (excludes halogenated alkanes) is 3. The van der Waals surface area contributed by atoms with E-state index in [2.05, 4.69) is 25.8 Å². The second-order valence-electron chi connectivity index (χ2n) is 8.30. The fourth-order valence-corrected chi connectivity index (χ4v) is 4.06. The van der Waals surface area contributed by atoms with Gasteiger partial charge in [-0.15, -0.1) is 0 Å². The fourth-order valence-electron chi connectivity index (χ4n) is 4.06. The first-order valence-corrected chi connectivity index (χ1v) is 11.9. The minimum atomic E-state index is -0.417. The second kappa shape index (κ2) is 12.5. The minimum absolute atomic E-state index is 0.193. The third-order valence-corrected chi connectivity index (χ3v) is 5.87. The summed E-state index contributed by atoms with van der Waals surface area (Å²) in [5.74, 6) is -0.255. The summed E-state index contributed by atoms with van der Waals surface area (Å²) in [4.78, 5) is 3.19. The molecule has 174 valence electrons. The van der Waals surface area contributed by atoms with Gasteiger partial charge in [-0.25, -0.2) is 4.39 Å². The van der Waals surface area contributed by atoms with Crippen LogP contribution in [0.2, 0.25) is 0 Å². The zero-order valence-corrected chi connectivity index (χ0v) is 19.2. The third-order valence-electron chi connectivity index (χ3n) is 5.87. The van der Waals surface area contributed by atoms with Crippen molar-refractivity contribution in [2.45, 2.75) is 83.7 Å². The van der Waals surface area contributed by atoms with Crippen molar-refractivity contribution in [1.29, 1.82) is 0 Å². The van der Waals surface area contributed by atoms with E-state index in [4.69, 9.17) is 18.9 Å². The van der Waals surface area contributed by atoms with Gasteiger partial charge in [-0.3, -0.25) is 0 Å². The van der Waals surface area contributed by atoms with Gasteiger partial charge in [0.1, 0.15) is 30.2 Å². The summed E-state index contributed by atoms with van der Waals surface area (Å²) in [6.45, 7) is 8.77. The van der Waals surface area contributed by atoms with Crippen LogP contribution in [0, 0.1) is 5.82 Å². The molecule has 0 bridgehead atoms. The van der Waals surface area contributed by atoms with E-state index in [-0.39, 0.29) is 24.1 Å². The van der Waals surface area contributed by atoms with Crippen molar-refractivity contribution >= 4 is 10.9 Å². The molecule has 2 heterocycles. The lowest BCUT2D eigenvalue weighted by molar-refractivity contribution is -0.232. The Balaban J connectivity index is 1.89. The van der Waals surface area contributed by atoms with Gasteiger partial charge >= 0.3 is 0 Å². The molecule has 1 N–H and O–H groups in total. The van der Waals surface area contributed by atoms with Crippen molar-refractivity contribution in [3.8, 4) is 0 Å². The Morgan fingerprint density at radius 3 is 2.26 bits per heavy atom. The van der Waals surface area contributed by atoms with Crippen LogP contribution in [0.15, 0.2) is 24.4 Å². The molecule has 0 amide bonds. The first kappa shape index (κ1) is 24.2. The van der Waals surface area contributed by atoms with Crippen molar-refractivity contribution in [3.63, 3.8) is 0 Å². The number of nitrogens with one attached hydrogen (secondary N) is 1. The maximum absolute atomic E-state index is 14.7. The molecule has 0 aliphatic carbocycles. The van der Waals surface area contributed by atoms with E-state index in [9.17, 15) is 4.39 Å². The highest BCUT2D eigenvalue weighted by Crippen LogP contribution is 2.38. The summed E-state index contributed by atoms with van der Waals surface area (Å²) in [6, 6.07) is 5.08. The molecular weight excluding hydrogens is 397 g/mol. The summed E-state index contributed by atoms with van der Waals surface area (Å²) in [6.07, 6.45) is 6.72. The lowest BCUT2D eigenvalue weighted by Crippen LogP contribution is -2.53. The number of aromatic nitrogens is 1. The number of hydrogen-bond acceptors (Lipinski definition) is 4. The predicted molar refractivity (Wildman–Crippen MR) is 121 cm³/mol. The zero-order valence-electron chi connectivity index (χ0n) is 19.2. The number of benzene rings is 1. The first-order chi connectivity index (χ1) is 15.2. The number of rotatable bonds is 13. The fraction of sp³-hybridized carbons (Fsp3) is 0.680. The predicted octanol–water partition coefficient (Wildman–Crippen LogP) is 5.93. The van der Waals surface area contributed by atoms with Crippen LogP contribution in [0.4, 0.5) is 4.39 Å². The molecule has 1 saturated heterocycles. The number of H-pyrrole nitrogens is 1. The van der Waals surface area contributed by atoms with E-state index in [0.29, 0.717) is 31.8 Å². The van der Waals surface area contributed by atoms with Gasteiger partial charge in [0.15, 0.2) is 0 Å². The normalized spacial score (nSPS) is 24.1. The number of ether oxygens (including phenoxy) is 4. The summed E-state index contributed by atoms with van der Waals surface area (Å²) in [7, 11) is 0. The molecular formula is C25H38FNO4. The van der Waals surface area contributed by atoms with Crippen LogP contribution in [-0.4, -0.2) is 49.7 Å². The van der Waals surface area contributed by atoms with Crippen LogP contribution < -0.4 is 0 Å². The molecule has 0 spiro atoms. The van der Waals surface area contributed by atoms with Gasteiger partial charge in [0.25, 0.3) is 0 Å². The monoisotopic (exact) mass is 435 g/mol. The van der Waals surface area contributed by atoms with Crippen molar-refractivity contribution in [1.82, 2.24) is 4.98 Å². The Kier molecular flexibility index (Phi) is 9.78. The van der Waals surface area contributed by atoms with Gasteiger partial charge in [-0.1, -0.05) is 46.1 Å². The zero-order chi connectivity index (χ0) is 22.1. The van der Waals surface area contributed by atoms with E-state index in [1.807, 2.05) is 12.3 Å². The van der Waals surface area contributed by atoms with Crippen molar-refractivity contribution in [2.75, 3.05) is 26.4 Å².